The van der Waals surface area contributed by atoms with Gasteiger partial charge in [-0.3, -0.25) is 10.1 Å². The highest BCUT2D eigenvalue weighted by Gasteiger charge is 2.16. The predicted molar refractivity (Wildman–Crippen MR) is 110 cm³/mol. The first-order chi connectivity index (χ1) is 13.6. The van der Waals surface area contributed by atoms with E-state index in [1.54, 1.807) is 13.0 Å². The molecule has 1 heterocycles. The lowest BCUT2D eigenvalue weighted by Crippen LogP contribution is -2.04. The summed E-state index contributed by atoms with van der Waals surface area (Å²) >= 11 is 0. The number of aryl methyl sites for hydroxylation is 1. The zero-order chi connectivity index (χ0) is 19.5. The highest BCUT2D eigenvalue weighted by Crippen LogP contribution is 2.30. The molecule has 3 aromatic carbocycles. The highest BCUT2D eigenvalue weighted by atomic mass is 16.6. The number of nitrogens with one attached hydrogen (secondary N) is 2. The smallest absolute Gasteiger partial charge is 0.274 e. The van der Waals surface area contributed by atoms with Gasteiger partial charge in [0.25, 0.3) is 5.69 Å². The summed E-state index contributed by atoms with van der Waals surface area (Å²) in [5, 5.41) is 17.8. The van der Waals surface area contributed by atoms with Crippen molar-refractivity contribution in [1.29, 1.82) is 0 Å². The molecule has 0 spiro atoms. The van der Waals surface area contributed by atoms with E-state index in [9.17, 15) is 10.1 Å². The van der Waals surface area contributed by atoms with Gasteiger partial charge in [-0.15, -0.1) is 0 Å². The molecule has 2 N–H and O–H groups in total. The Labute approximate surface area is 161 Å². The van der Waals surface area contributed by atoms with E-state index in [1.807, 2.05) is 60.7 Å². The maximum absolute atomic E-state index is 11.3. The molecule has 0 fully saturated rings. The van der Waals surface area contributed by atoms with Crippen molar-refractivity contribution in [2.45, 2.75) is 6.92 Å². The van der Waals surface area contributed by atoms with Crippen molar-refractivity contribution < 1.29 is 4.92 Å². The molecule has 0 saturated heterocycles. The highest BCUT2D eigenvalue weighted by molar-refractivity contribution is 5.85. The molecule has 4 rings (SSSR count). The number of fused-ring (bicyclic) bond motifs is 1. The summed E-state index contributed by atoms with van der Waals surface area (Å²) in [5.74, 6) is 1.02. The third kappa shape index (κ3) is 3.59. The lowest BCUT2D eigenvalue weighted by Gasteiger charge is -2.14. The van der Waals surface area contributed by atoms with Crippen LogP contribution in [0.2, 0.25) is 0 Å². The molecule has 1 aromatic heterocycles. The number of hydrogen-bond acceptors (Lipinski definition) is 6. The second-order valence-corrected chi connectivity index (χ2v) is 6.29. The average Bonchev–Trinajstić information content (AvgIpc) is 2.69. The maximum Gasteiger partial charge on any atom is 0.274 e. The molecule has 0 aliphatic heterocycles. The van der Waals surface area contributed by atoms with Crippen LogP contribution in [-0.4, -0.2) is 14.9 Å². The Morgan fingerprint density at radius 1 is 0.786 bits per heavy atom. The van der Waals surface area contributed by atoms with Crippen molar-refractivity contribution in [3.63, 3.8) is 0 Å². The minimum absolute atomic E-state index is 0.0243. The third-order valence-corrected chi connectivity index (χ3v) is 4.25. The van der Waals surface area contributed by atoms with E-state index < -0.39 is 4.92 Å². The fraction of sp³-hybridized carbons (Fsp3) is 0.0476. The number of aromatic nitrogens is 2. The zero-order valence-corrected chi connectivity index (χ0v) is 15.1. The molecule has 0 amide bonds. The van der Waals surface area contributed by atoms with E-state index in [4.69, 9.17) is 0 Å². The molecule has 0 aliphatic rings. The Bertz CT molecular complexity index is 1150. The summed E-state index contributed by atoms with van der Waals surface area (Å²) in [6.07, 6.45) is 0. The Kier molecular flexibility index (Phi) is 4.55. The van der Waals surface area contributed by atoms with Crippen molar-refractivity contribution in [1.82, 2.24) is 9.97 Å². The minimum Gasteiger partial charge on any atom is -0.337 e. The number of nitro benzene ring substituents is 1. The second kappa shape index (κ2) is 7.32. The van der Waals surface area contributed by atoms with Gasteiger partial charge in [0.2, 0.25) is 0 Å². The summed E-state index contributed by atoms with van der Waals surface area (Å²) in [7, 11) is 0. The van der Waals surface area contributed by atoms with E-state index >= 15 is 0 Å². The average molecular weight is 371 g/mol. The van der Waals surface area contributed by atoms with Gasteiger partial charge in [0, 0.05) is 23.0 Å². The quantitative estimate of drug-likeness (QED) is 0.364. The fourth-order valence-corrected chi connectivity index (χ4v) is 2.88. The topological polar surface area (TPSA) is 93.0 Å². The Morgan fingerprint density at radius 2 is 1.25 bits per heavy atom. The molecule has 0 aliphatic carbocycles. The third-order valence-electron chi connectivity index (χ3n) is 4.25. The van der Waals surface area contributed by atoms with Crippen LogP contribution in [-0.2, 0) is 0 Å². The largest absolute Gasteiger partial charge is 0.337 e. The van der Waals surface area contributed by atoms with Crippen molar-refractivity contribution in [3.8, 4) is 0 Å². The van der Waals surface area contributed by atoms with Crippen LogP contribution in [0.1, 0.15) is 5.56 Å². The standard InChI is InChI=1S/C21H17N5O2/c1-14-12-17-18(13-19(14)26(27)28)25-21(23-16-10-6-3-7-11-16)20(24-17)22-15-8-4-2-5-9-15/h2-13H,1H3,(H,22,24)(H,23,25). The van der Waals surface area contributed by atoms with E-state index in [2.05, 4.69) is 20.6 Å². The van der Waals surface area contributed by atoms with Crippen LogP contribution >= 0.6 is 0 Å². The lowest BCUT2D eigenvalue weighted by molar-refractivity contribution is -0.385. The second-order valence-electron chi connectivity index (χ2n) is 6.29. The first-order valence-electron chi connectivity index (χ1n) is 8.71. The monoisotopic (exact) mass is 371 g/mol. The van der Waals surface area contributed by atoms with Crippen molar-refractivity contribution in [2.24, 2.45) is 0 Å². The Balaban J connectivity index is 1.84. The number of benzene rings is 3. The maximum atomic E-state index is 11.3. The van der Waals surface area contributed by atoms with Gasteiger partial charge in [0.15, 0.2) is 11.6 Å². The molecule has 7 heteroatoms. The van der Waals surface area contributed by atoms with E-state index in [1.165, 1.54) is 6.07 Å². The van der Waals surface area contributed by atoms with E-state index in [-0.39, 0.29) is 5.69 Å². The zero-order valence-electron chi connectivity index (χ0n) is 15.1. The van der Waals surface area contributed by atoms with Gasteiger partial charge in [0.1, 0.15) is 0 Å². The summed E-state index contributed by atoms with van der Waals surface area (Å²) < 4.78 is 0. The van der Waals surface area contributed by atoms with Gasteiger partial charge in [-0.05, 0) is 37.3 Å². The van der Waals surface area contributed by atoms with E-state index in [0.29, 0.717) is 28.2 Å². The minimum atomic E-state index is -0.406. The van der Waals surface area contributed by atoms with Gasteiger partial charge in [-0.2, -0.15) is 0 Å². The van der Waals surface area contributed by atoms with Gasteiger partial charge in [0.05, 0.1) is 16.0 Å². The van der Waals surface area contributed by atoms with Gasteiger partial charge >= 0.3 is 0 Å². The molecule has 0 atom stereocenters. The molecule has 28 heavy (non-hydrogen) atoms. The molecule has 0 unspecified atom stereocenters. The number of nitro groups is 1. The van der Waals surface area contributed by atoms with Gasteiger partial charge in [-0.1, -0.05) is 36.4 Å². The van der Waals surface area contributed by atoms with Crippen molar-refractivity contribution >= 4 is 39.7 Å². The summed E-state index contributed by atoms with van der Waals surface area (Å²) in [4.78, 5) is 20.2. The molecular formula is C21H17N5O2. The number of anilines is 4. The summed E-state index contributed by atoms with van der Waals surface area (Å²) in [5.41, 5.74) is 3.31. The van der Waals surface area contributed by atoms with Crippen LogP contribution < -0.4 is 10.6 Å². The SMILES string of the molecule is Cc1cc2nc(Nc3ccccc3)c(Nc3ccccc3)nc2cc1[N+](=O)[O-]. The van der Waals surface area contributed by atoms with Crippen LogP contribution in [0.25, 0.3) is 11.0 Å². The molecular weight excluding hydrogens is 354 g/mol. The van der Waals surface area contributed by atoms with Crippen LogP contribution in [0.3, 0.4) is 0 Å². The molecule has 7 nitrogen and oxygen atoms in total. The normalized spacial score (nSPS) is 10.6. The molecule has 138 valence electrons. The van der Waals surface area contributed by atoms with Gasteiger partial charge in [-0.25, -0.2) is 9.97 Å². The van der Waals surface area contributed by atoms with Crippen LogP contribution in [0.4, 0.5) is 28.7 Å². The summed E-state index contributed by atoms with van der Waals surface area (Å²) in [6, 6.07) is 22.4. The van der Waals surface area contributed by atoms with Crippen LogP contribution in [0, 0.1) is 17.0 Å². The lowest BCUT2D eigenvalue weighted by atomic mass is 10.1. The molecule has 4 aromatic rings. The Morgan fingerprint density at radius 3 is 1.71 bits per heavy atom. The first-order valence-corrected chi connectivity index (χ1v) is 8.71. The predicted octanol–water partition coefficient (Wildman–Crippen LogP) is 5.33. The number of nitrogens with zero attached hydrogens (tertiary/aromatic N) is 3. The van der Waals surface area contributed by atoms with Crippen LogP contribution in [0.15, 0.2) is 72.8 Å². The fourth-order valence-electron chi connectivity index (χ4n) is 2.88. The summed E-state index contributed by atoms with van der Waals surface area (Å²) in [6.45, 7) is 1.69. The Hall–Kier alpha value is -4.00. The number of rotatable bonds is 5. The number of hydrogen-bond donors (Lipinski definition) is 2. The van der Waals surface area contributed by atoms with Gasteiger partial charge < -0.3 is 10.6 Å². The molecule has 0 saturated carbocycles. The molecule has 0 bridgehead atoms. The first kappa shape index (κ1) is 17.4. The molecule has 0 radical (unpaired) electrons. The van der Waals surface area contributed by atoms with E-state index in [0.717, 1.165) is 11.4 Å². The number of para-hydroxylation sites is 2. The van der Waals surface area contributed by atoms with Crippen molar-refractivity contribution in [2.75, 3.05) is 10.6 Å². The van der Waals surface area contributed by atoms with Crippen molar-refractivity contribution in [3.05, 3.63) is 88.5 Å². The van der Waals surface area contributed by atoms with Crippen LogP contribution in [0.5, 0.6) is 0 Å².